The molecule has 0 atom stereocenters. The van der Waals surface area contributed by atoms with Crippen molar-refractivity contribution in [3.8, 4) is 11.5 Å². The molecular formula is C23H21ClN2O5. The average Bonchev–Trinajstić information content (AvgIpc) is 2.78. The lowest BCUT2D eigenvalue weighted by Gasteiger charge is -2.13. The number of hydrogen-bond donors (Lipinski definition) is 3. The zero-order valence-corrected chi connectivity index (χ0v) is 17.5. The molecule has 8 heteroatoms. The van der Waals surface area contributed by atoms with Crippen LogP contribution < -0.4 is 20.1 Å². The number of anilines is 2. The first-order chi connectivity index (χ1) is 14.9. The van der Waals surface area contributed by atoms with Gasteiger partial charge >= 0.3 is 5.97 Å². The average molecular weight is 441 g/mol. The normalized spacial score (nSPS) is 10.3. The van der Waals surface area contributed by atoms with Crippen LogP contribution in [0.5, 0.6) is 11.5 Å². The van der Waals surface area contributed by atoms with Gasteiger partial charge in [-0.3, -0.25) is 4.79 Å². The number of halogens is 1. The Morgan fingerprint density at radius 3 is 2.45 bits per heavy atom. The molecule has 0 aliphatic rings. The summed E-state index contributed by atoms with van der Waals surface area (Å²) in [7, 11) is 1.52. The molecule has 0 radical (unpaired) electrons. The summed E-state index contributed by atoms with van der Waals surface area (Å²) >= 11 is 5.83. The minimum absolute atomic E-state index is 0.182. The number of carbonyl (C=O) groups excluding carboxylic acids is 1. The van der Waals surface area contributed by atoms with Gasteiger partial charge in [0.05, 0.1) is 12.7 Å². The van der Waals surface area contributed by atoms with Crippen molar-refractivity contribution in [2.24, 2.45) is 0 Å². The second kappa shape index (κ2) is 10.4. The molecule has 0 heterocycles. The number of carboxylic acid groups (broad SMARTS) is 1. The maximum Gasteiger partial charge on any atom is 0.335 e. The van der Waals surface area contributed by atoms with Crippen molar-refractivity contribution < 1.29 is 24.2 Å². The summed E-state index contributed by atoms with van der Waals surface area (Å²) in [5, 5.41) is 15.6. The molecule has 3 N–H and O–H groups in total. The van der Waals surface area contributed by atoms with E-state index >= 15 is 0 Å². The van der Waals surface area contributed by atoms with E-state index in [0.29, 0.717) is 34.4 Å². The van der Waals surface area contributed by atoms with Gasteiger partial charge in [-0.05, 0) is 60.2 Å². The van der Waals surface area contributed by atoms with Crippen LogP contribution in [-0.2, 0) is 11.3 Å². The maximum atomic E-state index is 12.1. The van der Waals surface area contributed by atoms with Crippen LogP contribution in [0.25, 0.3) is 0 Å². The molecule has 3 aromatic carbocycles. The molecule has 31 heavy (non-hydrogen) atoms. The van der Waals surface area contributed by atoms with E-state index in [0.717, 1.165) is 5.56 Å². The van der Waals surface area contributed by atoms with Crippen molar-refractivity contribution in [2.75, 3.05) is 24.4 Å². The standard InChI is InChI=1S/C23H21ClN2O5/c1-30-21-11-15(13-25-19-4-2-3-16(12-19)23(28)29)5-10-20(21)31-14-22(27)26-18-8-6-17(24)7-9-18/h2-12,25H,13-14H2,1H3,(H,26,27)(H,28,29). The van der Waals surface area contributed by atoms with E-state index in [4.69, 9.17) is 26.2 Å². The van der Waals surface area contributed by atoms with E-state index in [1.807, 2.05) is 6.07 Å². The van der Waals surface area contributed by atoms with Gasteiger partial charge in [-0.15, -0.1) is 0 Å². The molecule has 7 nitrogen and oxygen atoms in total. The first-order valence-corrected chi connectivity index (χ1v) is 9.75. The molecule has 0 bridgehead atoms. The molecule has 0 unspecified atom stereocenters. The minimum Gasteiger partial charge on any atom is -0.493 e. The highest BCUT2D eigenvalue weighted by atomic mass is 35.5. The van der Waals surface area contributed by atoms with Crippen LogP contribution in [0.3, 0.4) is 0 Å². The fourth-order valence-electron chi connectivity index (χ4n) is 2.78. The fraction of sp³-hybridized carbons (Fsp3) is 0.130. The molecular weight excluding hydrogens is 420 g/mol. The summed E-state index contributed by atoms with van der Waals surface area (Å²) in [5.41, 5.74) is 2.43. The summed E-state index contributed by atoms with van der Waals surface area (Å²) in [6.45, 7) is 0.273. The first-order valence-electron chi connectivity index (χ1n) is 9.37. The molecule has 160 valence electrons. The van der Waals surface area contributed by atoms with Gasteiger partial charge < -0.3 is 25.2 Å². The van der Waals surface area contributed by atoms with Gasteiger partial charge in [0.25, 0.3) is 5.91 Å². The van der Waals surface area contributed by atoms with Gasteiger partial charge in [-0.1, -0.05) is 23.7 Å². The molecule has 0 aromatic heterocycles. The zero-order chi connectivity index (χ0) is 22.2. The topological polar surface area (TPSA) is 96.9 Å². The number of benzene rings is 3. The largest absolute Gasteiger partial charge is 0.493 e. The predicted molar refractivity (Wildman–Crippen MR) is 119 cm³/mol. The van der Waals surface area contributed by atoms with E-state index in [2.05, 4.69) is 10.6 Å². The Bertz CT molecular complexity index is 1070. The van der Waals surface area contributed by atoms with Gasteiger partial charge in [0.15, 0.2) is 18.1 Å². The number of rotatable bonds is 9. The smallest absolute Gasteiger partial charge is 0.335 e. The first kappa shape index (κ1) is 22.0. The number of hydrogen-bond acceptors (Lipinski definition) is 5. The van der Waals surface area contributed by atoms with Crippen LogP contribution in [0.15, 0.2) is 66.7 Å². The third-order valence-electron chi connectivity index (χ3n) is 4.32. The van der Waals surface area contributed by atoms with Gasteiger partial charge in [-0.25, -0.2) is 4.79 Å². The number of nitrogens with one attached hydrogen (secondary N) is 2. The molecule has 0 aliphatic heterocycles. The van der Waals surface area contributed by atoms with Gasteiger partial charge in [0.2, 0.25) is 0 Å². The van der Waals surface area contributed by atoms with Crippen molar-refractivity contribution in [1.29, 1.82) is 0 Å². The second-order valence-electron chi connectivity index (χ2n) is 6.57. The number of aromatic carboxylic acids is 1. The van der Waals surface area contributed by atoms with Crippen LogP contribution in [0, 0.1) is 0 Å². The molecule has 0 spiro atoms. The Morgan fingerprint density at radius 1 is 0.968 bits per heavy atom. The summed E-state index contributed by atoms with van der Waals surface area (Å²) in [6.07, 6.45) is 0. The third kappa shape index (κ3) is 6.38. The maximum absolute atomic E-state index is 12.1. The Morgan fingerprint density at radius 2 is 1.74 bits per heavy atom. The summed E-state index contributed by atoms with van der Waals surface area (Å²) in [5.74, 6) is -0.372. The number of carbonyl (C=O) groups is 2. The van der Waals surface area contributed by atoms with Crippen molar-refractivity contribution in [3.63, 3.8) is 0 Å². The SMILES string of the molecule is COc1cc(CNc2cccc(C(=O)O)c2)ccc1OCC(=O)Nc1ccc(Cl)cc1. The van der Waals surface area contributed by atoms with Crippen LogP contribution in [0.1, 0.15) is 15.9 Å². The van der Waals surface area contributed by atoms with Crippen LogP contribution in [-0.4, -0.2) is 30.7 Å². The third-order valence-corrected chi connectivity index (χ3v) is 4.57. The Labute approximate surface area is 184 Å². The van der Waals surface area contributed by atoms with Gasteiger partial charge in [0.1, 0.15) is 0 Å². The van der Waals surface area contributed by atoms with E-state index in [1.54, 1.807) is 54.6 Å². The highest BCUT2D eigenvalue weighted by Crippen LogP contribution is 2.28. The van der Waals surface area contributed by atoms with Crippen molar-refractivity contribution in [2.45, 2.75) is 6.54 Å². The lowest BCUT2D eigenvalue weighted by atomic mass is 10.1. The van der Waals surface area contributed by atoms with E-state index in [1.165, 1.54) is 13.2 Å². The second-order valence-corrected chi connectivity index (χ2v) is 7.00. The van der Waals surface area contributed by atoms with Crippen molar-refractivity contribution >= 4 is 34.9 Å². The quantitative estimate of drug-likeness (QED) is 0.447. The van der Waals surface area contributed by atoms with Crippen molar-refractivity contribution in [3.05, 3.63) is 82.9 Å². The summed E-state index contributed by atoms with van der Waals surface area (Å²) in [6, 6.07) is 18.7. The van der Waals surface area contributed by atoms with Crippen LogP contribution in [0.4, 0.5) is 11.4 Å². The molecule has 1 amide bonds. The monoisotopic (exact) mass is 440 g/mol. The van der Waals surface area contributed by atoms with E-state index in [-0.39, 0.29) is 18.1 Å². The van der Waals surface area contributed by atoms with E-state index < -0.39 is 5.97 Å². The van der Waals surface area contributed by atoms with Crippen molar-refractivity contribution in [1.82, 2.24) is 0 Å². The molecule has 3 aromatic rings. The minimum atomic E-state index is -0.980. The Balaban J connectivity index is 1.57. The van der Waals surface area contributed by atoms with Crippen LogP contribution in [0.2, 0.25) is 5.02 Å². The predicted octanol–water partition coefficient (Wildman–Crippen LogP) is 4.68. The lowest BCUT2D eigenvalue weighted by molar-refractivity contribution is -0.118. The number of ether oxygens (including phenoxy) is 2. The number of carboxylic acids is 1. The number of methoxy groups -OCH3 is 1. The Hall–Kier alpha value is -3.71. The molecule has 0 aliphatic carbocycles. The van der Waals surface area contributed by atoms with Gasteiger partial charge in [0, 0.05) is 22.9 Å². The lowest BCUT2D eigenvalue weighted by Crippen LogP contribution is -2.20. The Kier molecular flexibility index (Phi) is 7.35. The molecule has 0 saturated heterocycles. The van der Waals surface area contributed by atoms with Crippen LogP contribution >= 0.6 is 11.6 Å². The van der Waals surface area contributed by atoms with E-state index in [9.17, 15) is 9.59 Å². The highest BCUT2D eigenvalue weighted by molar-refractivity contribution is 6.30. The molecule has 0 fully saturated rings. The van der Waals surface area contributed by atoms with Gasteiger partial charge in [-0.2, -0.15) is 0 Å². The zero-order valence-electron chi connectivity index (χ0n) is 16.7. The summed E-state index contributed by atoms with van der Waals surface area (Å²) in [4.78, 5) is 23.2. The molecule has 3 rings (SSSR count). The number of amides is 1. The molecule has 0 saturated carbocycles. The highest BCUT2D eigenvalue weighted by Gasteiger charge is 2.10. The summed E-state index contributed by atoms with van der Waals surface area (Å²) < 4.78 is 11.0. The fourth-order valence-corrected chi connectivity index (χ4v) is 2.91.